The number of rotatable bonds is 6. The van der Waals surface area contributed by atoms with Crippen LogP contribution in [-0.2, 0) is 6.54 Å². The molecule has 1 N–H and O–H groups in total. The molecular formula is C20H18ClFN4O3. The van der Waals surface area contributed by atoms with Gasteiger partial charge in [0.25, 0.3) is 11.5 Å². The van der Waals surface area contributed by atoms with E-state index in [9.17, 15) is 18.8 Å². The molecule has 7 nitrogen and oxygen atoms in total. The summed E-state index contributed by atoms with van der Waals surface area (Å²) in [6, 6.07) is 11.7. The van der Waals surface area contributed by atoms with Gasteiger partial charge in [0.05, 0.1) is 12.2 Å². The van der Waals surface area contributed by atoms with Crippen LogP contribution < -0.4 is 16.6 Å². The first-order valence-electron chi connectivity index (χ1n) is 8.93. The molecular weight excluding hydrogens is 399 g/mol. The van der Waals surface area contributed by atoms with E-state index in [-0.39, 0.29) is 6.54 Å². The predicted molar refractivity (Wildman–Crippen MR) is 107 cm³/mol. The lowest BCUT2D eigenvalue weighted by Gasteiger charge is -2.12. The van der Waals surface area contributed by atoms with Gasteiger partial charge in [-0.1, -0.05) is 30.7 Å². The summed E-state index contributed by atoms with van der Waals surface area (Å²) in [6.45, 7) is 2.01. The number of nitrogens with one attached hydrogen (secondary N) is 1. The van der Waals surface area contributed by atoms with Crippen LogP contribution >= 0.6 is 11.6 Å². The Kier molecular flexibility index (Phi) is 6.23. The van der Waals surface area contributed by atoms with Crippen molar-refractivity contribution in [2.24, 2.45) is 0 Å². The van der Waals surface area contributed by atoms with Gasteiger partial charge in [0.2, 0.25) is 5.69 Å². The van der Waals surface area contributed by atoms with Crippen molar-refractivity contribution < 1.29 is 9.18 Å². The van der Waals surface area contributed by atoms with Crippen molar-refractivity contribution in [3.63, 3.8) is 0 Å². The number of halogens is 2. The van der Waals surface area contributed by atoms with Gasteiger partial charge in [-0.15, -0.1) is 0 Å². The first kappa shape index (κ1) is 20.5. The molecule has 0 spiro atoms. The molecule has 0 fully saturated rings. The molecule has 150 valence electrons. The quantitative estimate of drug-likeness (QED) is 0.668. The fraction of sp³-hybridized carbons (Fsp3) is 0.200. The second-order valence-electron chi connectivity index (χ2n) is 6.30. The van der Waals surface area contributed by atoms with Gasteiger partial charge >= 0.3 is 5.69 Å². The number of nitrogens with zero attached hydrogens (tertiary/aromatic N) is 3. The molecule has 0 atom stereocenters. The van der Waals surface area contributed by atoms with Crippen LogP contribution in [0.2, 0.25) is 5.02 Å². The van der Waals surface area contributed by atoms with Gasteiger partial charge in [0, 0.05) is 11.6 Å². The second-order valence-corrected chi connectivity index (χ2v) is 6.73. The van der Waals surface area contributed by atoms with Crippen molar-refractivity contribution in [2.75, 3.05) is 6.54 Å². The fourth-order valence-electron chi connectivity index (χ4n) is 2.69. The zero-order valence-corrected chi connectivity index (χ0v) is 16.3. The lowest BCUT2D eigenvalue weighted by Crippen LogP contribution is -2.46. The molecule has 1 aromatic heterocycles. The van der Waals surface area contributed by atoms with Crippen molar-refractivity contribution in [3.05, 3.63) is 91.5 Å². The highest BCUT2D eigenvalue weighted by Gasteiger charge is 2.20. The van der Waals surface area contributed by atoms with Crippen molar-refractivity contribution in [1.29, 1.82) is 0 Å². The maximum absolute atomic E-state index is 13.5. The second kappa shape index (κ2) is 8.83. The van der Waals surface area contributed by atoms with E-state index in [1.54, 1.807) is 30.3 Å². The number of amides is 1. The molecule has 29 heavy (non-hydrogen) atoms. The average molecular weight is 417 g/mol. The SMILES string of the molecule is CCCNC(=O)c1nn(-c2ccc(Cl)cc2)c(=O)n(Cc2cccc(F)c2)c1=O. The van der Waals surface area contributed by atoms with Crippen LogP contribution in [0.25, 0.3) is 5.69 Å². The third kappa shape index (κ3) is 4.60. The third-order valence-corrected chi connectivity index (χ3v) is 4.36. The molecule has 0 aliphatic carbocycles. The van der Waals surface area contributed by atoms with E-state index < -0.39 is 28.7 Å². The number of aromatic nitrogens is 3. The van der Waals surface area contributed by atoms with Crippen LogP contribution in [0.3, 0.4) is 0 Å². The lowest BCUT2D eigenvalue weighted by molar-refractivity contribution is 0.0944. The summed E-state index contributed by atoms with van der Waals surface area (Å²) < 4.78 is 15.4. The summed E-state index contributed by atoms with van der Waals surface area (Å²) >= 11 is 5.89. The molecule has 0 saturated carbocycles. The summed E-state index contributed by atoms with van der Waals surface area (Å²) in [4.78, 5) is 38.2. The summed E-state index contributed by atoms with van der Waals surface area (Å²) in [5.74, 6) is -1.18. The third-order valence-electron chi connectivity index (χ3n) is 4.11. The number of carbonyl (C=O) groups is 1. The molecule has 0 aliphatic heterocycles. The Labute approximate surface area is 170 Å². The Hall–Kier alpha value is -3.26. The molecule has 1 amide bonds. The van der Waals surface area contributed by atoms with E-state index in [1.165, 1.54) is 18.2 Å². The molecule has 0 unspecified atom stereocenters. The maximum atomic E-state index is 13.5. The minimum atomic E-state index is -0.849. The van der Waals surface area contributed by atoms with E-state index in [1.807, 2.05) is 6.92 Å². The highest BCUT2D eigenvalue weighted by atomic mass is 35.5. The summed E-state index contributed by atoms with van der Waals surface area (Å²) in [5.41, 5.74) is -1.30. The first-order valence-corrected chi connectivity index (χ1v) is 9.31. The molecule has 3 rings (SSSR count). The number of carbonyl (C=O) groups excluding carboxylic acids is 1. The summed E-state index contributed by atoms with van der Waals surface area (Å²) in [7, 11) is 0. The van der Waals surface area contributed by atoms with Crippen molar-refractivity contribution in [2.45, 2.75) is 19.9 Å². The highest BCUT2D eigenvalue weighted by Crippen LogP contribution is 2.11. The van der Waals surface area contributed by atoms with E-state index in [4.69, 9.17) is 11.6 Å². The van der Waals surface area contributed by atoms with Crippen LogP contribution in [0.15, 0.2) is 58.1 Å². The van der Waals surface area contributed by atoms with Crippen LogP contribution in [-0.4, -0.2) is 26.8 Å². The average Bonchev–Trinajstić information content (AvgIpc) is 2.70. The van der Waals surface area contributed by atoms with Crippen molar-refractivity contribution >= 4 is 17.5 Å². The molecule has 1 heterocycles. The Morgan fingerprint density at radius 3 is 2.55 bits per heavy atom. The smallest absolute Gasteiger partial charge is 0.350 e. The van der Waals surface area contributed by atoms with E-state index in [2.05, 4.69) is 10.4 Å². The number of benzene rings is 2. The molecule has 0 saturated heterocycles. The van der Waals surface area contributed by atoms with Crippen LogP contribution in [0.5, 0.6) is 0 Å². The topological polar surface area (TPSA) is 86.0 Å². The van der Waals surface area contributed by atoms with Gasteiger partial charge in [0.1, 0.15) is 5.82 Å². The normalized spacial score (nSPS) is 10.7. The molecule has 0 bridgehead atoms. The minimum Gasteiger partial charge on any atom is -0.350 e. The van der Waals surface area contributed by atoms with E-state index in [0.29, 0.717) is 29.2 Å². The Bertz CT molecular complexity index is 1160. The Morgan fingerprint density at radius 1 is 1.17 bits per heavy atom. The Balaban J connectivity index is 2.18. The zero-order valence-electron chi connectivity index (χ0n) is 15.6. The van der Waals surface area contributed by atoms with Crippen molar-refractivity contribution in [3.8, 4) is 5.69 Å². The maximum Gasteiger partial charge on any atom is 0.352 e. The van der Waals surface area contributed by atoms with Gasteiger partial charge in [-0.2, -0.15) is 9.78 Å². The lowest BCUT2D eigenvalue weighted by atomic mass is 10.2. The van der Waals surface area contributed by atoms with Crippen molar-refractivity contribution in [1.82, 2.24) is 19.7 Å². The van der Waals surface area contributed by atoms with Gasteiger partial charge in [-0.25, -0.2) is 9.18 Å². The molecule has 9 heteroatoms. The number of hydrogen-bond donors (Lipinski definition) is 1. The van der Waals surface area contributed by atoms with Gasteiger partial charge in [-0.05, 0) is 48.4 Å². The van der Waals surface area contributed by atoms with Gasteiger partial charge in [-0.3, -0.25) is 14.2 Å². The van der Waals surface area contributed by atoms with Crippen LogP contribution in [0.4, 0.5) is 4.39 Å². The first-order chi connectivity index (χ1) is 13.9. The monoisotopic (exact) mass is 416 g/mol. The highest BCUT2D eigenvalue weighted by molar-refractivity contribution is 6.30. The van der Waals surface area contributed by atoms with Gasteiger partial charge in [0.15, 0.2) is 0 Å². The molecule has 3 aromatic rings. The Morgan fingerprint density at radius 2 is 1.90 bits per heavy atom. The largest absolute Gasteiger partial charge is 0.352 e. The molecule has 0 aliphatic rings. The van der Waals surface area contributed by atoms with E-state index >= 15 is 0 Å². The minimum absolute atomic E-state index is 0.209. The van der Waals surface area contributed by atoms with Gasteiger partial charge < -0.3 is 5.32 Å². The zero-order chi connectivity index (χ0) is 21.0. The van der Waals surface area contributed by atoms with Crippen LogP contribution in [0.1, 0.15) is 29.4 Å². The van der Waals surface area contributed by atoms with Crippen LogP contribution in [0, 0.1) is 5.82 Å². The standard InChI is InChI=1S/C20H18ClFN4O3/c1-2-10-23-18(27)17-19(28)25(12-13-4-3-5-15(22)11-13)20(29)26(24-17)16-8-6-14(21)7-9-16/h3-9,11H,2,10,12H2,1H3,(H,23,27). The molecule has 2 aromatic carbocycles. The molecule has 0 radical (unpaired) electrons. The number of hydrogen-bond acceptors (Lipinski definition) is 4. The predicted octanol–water partition coefficient (Wildman–Crippen LogP) is 2.37. The van der Waals surface area contributed by atoms with E-state index in [0.717, 1.165) is 9.25 Å². The summed E-state index contributed by atoms with van der Waals surface area (Å²) in [5, 5.41) is 7.03. The fourth-order valence-corrected chi connectivity index (χ4v) is 2.81. The summed E-state index contributed by atoms with van der Waals surface area (Å²) in [6.07, 6.45) is 0.667.